The average Bonchev–Trinajstić information content (AvgIpc) is 2.48. The number of aliphatic hydroxyl groups excluding tert-OH is 1. The number of nitrogens with zero attached hydrogens (tertiary/aromatic N) is 1. The number of hydrogen-bond acceptors (Lipinski definition) is 4. The Hall–Kier alpha value is -1.43. The van der Waals surface area contributed by atoms with Crippen LogP contribution in [0.2, 0.25) is 0 Å². The van der Waals surface area contributed by atoms with Gasteiger partial charge in [-0.3, -0.25) is 9.69 Å². The van der Waals surface area contributed by atoms with E-state index in [1.54, 1.807) is 24.3 Å². The van der Waals surface area contributed by atoms with E-state index in [4.69, 9.17) is 4.74 Å². The molecule has 1 amide bonds. The van der Waals surface area contributed by atoms with Gasteiger partial charge in [0.2, 0.25) is 0 Å². The lowest BCUT2D eigenvalue weighted by Crippen LogP contribution is -2.42. The summed E-state index contributed by atoms with van der Waals surface area (Å²) < 4.78 is 5.25. The largest absolute Gasteiger partial charge is 0.379 e. The molecular weight excluding hydrogens is 244 g/mol. The SMILES string of the molecule is O=C(NCCN1CCOCC1)C(O)c1ccccc1. The molecule has 0 saturated carbocycles. The maximum atomic E-state index is 11.8. The average molecular weight is 264 g/mol. The first-order chi connectivity index (χ1) is 9.27. The van der Waals surface area contributed by atoms with E-state index in [-0.39, 0.29) is 5.91 Å². The number of carbonyl (C=O) groups excluding carboxylic acids is 1. The van der Waals surface area contributed by atoms with Crippen molar-refractivity contribution in [3.05, 3.63) is 35.9 Å². The molecule has 2 N–H and O–H groups in total. The van der Waals surface area contributed by atoms with Gasteiger partial charge in [-0.25, -0.2) is 0 Å². The summed E-state index contributed by atoms with van der Waals surface area (Å²) in [6, 6.07) is 8.95. The van der Waals surface area contributed by atoms with Crippen molar-refractivity contribution in [2.24, 2.45) is 0 Å². The highest BCUT2D eigenvalue weighted by Gasteiger charge is 2.17. The van der Waals surface area contributed by atoms with Gasteiger partial charge in [0.15, 0.2) is 6.10 Å². The van der Waals surface area contributed by atoms with Gasteiger partial charge in [0.25, 0.3) is 5.91 Å². The second-order valence-corrected chi connectivity index (χ2v) is 4.56. The first-order valence-corrected chi connectivity index (χ1v) is 6.58. The van der Waals surface area contributed by atoms with Gasteiger partial charge in [0.1, 0.15) is 0 Å². The van der Waals surface area contributed by atoms with Gasteiger partial charge in [0.05, 0.1) is 13.2 Å². The summed E-state index contributed by atoms with van der Waals surface area (Å²) in [4.78, 5) is 14.0. The maximum absolute atomic E-state index is 11.8. The minimum Gasteiger partial charge on any atom is -0.379 e. The maximum Gasteiger partial charge on any atom is 0.253 e. The Morgan fingerprint density at radius 3 is 2.68 bits per heavy atom. The highest BCUT2D eigenvalue weighted by Crippen LogP contribution is 2.11. The molecule has 1 fully saturated rings. The van der Waals surface area contributed by atoms with E-state index >= 15 is 0 Å². The van der Waals surface area contributed by atoms with E-state index in [0.29, 0.717) is 12.1 Å². The normalized spacial score (nSPS) is 17.9. The van der Waals surface area contributed by atoms with Crippen LogP contribution in [-0.2, 0) is 9.53 Å². The number of carbonyl (C=O) groups is 1. The lowest BCUT2D eigenvalue weighted by Gasteiger charge is -2.26. The van der Waals surface area contributed by atoms with E-state index in [1.807, 2.05) is 6.07 Å². The molecule has 1 heterocycles. The number of aliphatic hydroxyl groups is 1. The van der Waals surface area contributed by atoms with Crippen LogP contribution in [0.1, 0.15) is 11.7 Å². The Kier molecular flexibility index (Phi) is 5.32. The van der Waals surface area contributed by atoms with Crippen LogP contribution in [0.5, 0.6) is 0 Å². The van der Waals surface area contributed by atoms with Gasteiger partial charge in [-0.1, -0.05) is 30.3 Å². The third-order valence-corrected chi connectivity index (χ3v) is 3.19. The quantitative estimate of drug-likeness (QED) is 0.796. The summed E-state index contributed by atoms with van der Waals surface area (Å²) in [5.74, 6) is -0.348. The van der Waals surface area contributed by atoms with Crippen LogP contribution >= 0.6 is 0 Å². The molecule has 1 aromatic rings. The van der Waals surface area contributed by atoms with Crippen LogP contribution in [0.15, 0.2) is 30.3 Å². The number of ether oxygens (including phenoxy) is 1. The summed E-state index contributed by atoms with van der Waals surface area (Å²) >= 11 is 0. The van der Waals surface area contributed by atoms with Crippen LogP contribution in [0, 0.1) is 0 Å². The van der Waals surface area contributed by atoms with Crippen molar-refractivity contribution in [2.45, 2.75) is 6.10 Å². The Balaban J connectivity index is 1.72. The molecule has 0 radical (unpaired) electrons. The Bertz CT molecular complexity index is 391. The fourth-order valence-corrected chi connectivity index (χ4v) is 2.05. The summed E-state index contributed by atoms with van der Waals surface area (Å²) in [5.41, 5.74) is 0.617. The Morgan fingerprint density at radius 2 is 2.00 bits per heavy atom. The molecule has 104 valence electrons. The van der Waals surface area contributed by atoms with Crippen LogP contribution in [0.3, 0.4) is 0 Å². The number of benzene rings is 1. The smallest absolute Gasteiger partial charge is 0.253 e. The number of rotatable bonds is 5. The first kappa shape index (κ1) is 14.0. The lowest BCUT2D eigenvalue weighted by atomic mass is 10.1. The minimum atomic E-state index is -1.09. The molecule has 1 saturated heterocycles. The zero-order valence-corrected chi connectivity index (χ0v) is 10.9. The fraction of sp³-hybridized carbons (Fsp3) is 0.500. The molecule has 1 aliphatic rings. The van der Waals surface area contributed by atoms with Crippen molar-refractivity contribution in [3.63, 3.8) is 0 Å². The highest BCUT2D eigenvalue weighted by atomic mass is 16.5. The third-order valence-electron chi connectivity index (χ3n) is 3.19. The number of amides is 1. The number of nitrogens with one attached hydrogen (secondary N) is 1. The highest BCUT2D eigenvalue weighted by molar-refractivity contribution is 5.81. The zero-order chi connectivity index (χ0) is 13.5. The molecule has 5 heteroatoms. The van der Waals surface area contributed by atoms with Crippen molar-refractivity contribution in [2.75, 3.05) is 39.4 Å². The van der Waals surface area contributed by atoms with Crippen LogP contribution < -0.4 is 5.32 Å². The summed E-state index contributed by atoms with van der Waals surface area (Å²) in [6.07, 6.45) is -1.09. The van der Waals surface area contributed by atoms with E-state index < -0.39 is 6.10 Å². The summed E-state index contributed by atoms with van der Waals surface area (Å²) in [6.45, 7) is 4.63. The van der Waals surface area contributed by atoms with Crippen molar-refractivity contribution < 1.29 is 14.6 Å². The van der Waals surface area contributed by atoms with Gasteiger partial charge in [-0.05, 0) is 5.56 Å². The van der Waals surface area contributed by atoms with Crippen LogP contribution in [-0.4, -0.2) is 55.3 Å². The van der Waals surface area contributed by atoms with Crippen LogP contribution in [0.25, 0.3) is 0 Å². The van der Waals surface area contributed by atoms with E-state index in [9.17, 15) is 9.90 Å². The summed E-state index contributed by atoms with van der Waals surface area (Å²) in [5, 5.41) is 12.6. The van der Waals surface area contributed by atoms with Crippen molar-refractivity contribution in [3.8, 4) is 0 Å². The fourth-order valence-electron chi connectivity index (χ4n) is 2.05. The Morgan fingerprint density at radius 1 is 1.32 bits per heavy atom. The molecular formula is C14H20N2O3. The second-order valence-electron chi connectivity index (χ2n) is 4.56. The van der Waals surface area contributed by atoms with Gasteiger partial charge >= 0.3 is 0 Å². The standard InChI is InChI=1S/C14H20N2O3/c17-13(12-4-2-1-3-5-12)14(18)15-6-7-16-8-10-19-11-9-16/h1-5,13,17H,6-11H2,(H,15,18). The van der Waals surface area contributed by atoms with E-state index in [1.165, 1.54) is 0 Å². The van der Waals surface area contributed by atoms with E-state index in [2.05, 4.69) is 10.2 Å². The third kappa shape index (κ3) is 4.31. The van der Waals surface area contributed by atoms with Crippen molar-refractivity contribution >= 4 is 5.91 Å². The molecule has 1 unspecified atom stereocenters. The summed E-state index contributed by atoms with van der Waals surface area (Å²) in [7, 11) is 0. The molecule has 0 aromatic heterocycles. The molecule has 0 spiro atoms. The molecule has 1 aromatic carbocycles. The van der Waals surface area contributed by atoms with E-state index in [0.717, 1.165) is 32.8 Å². The van der Waals surface area contributed by atoms with Gasteiger partial charge in [0, 0.05) is 26.2 Å². The topological polar surface area (TPSA) is 61.8 Å². The zero-order valence-electron chi connectivity index (χ0n) is 10.9. The monoisotopic (exact) mass is 264 g/mol. The minimum absolute atomic E-state index is 0.348. The van der Waals surface area contributed by atoms with Gasteiger partial charge in [-0.15, -0.1) is 0 Å². The molecule has 2 rings (SSSR count). The van der Waals surface area contributed by atoms with Crippen molar-refractivity contribution in [1.82, 2.24) is 10.2 Å². The molecule has 5 nitrogen and oxygen atoms in total. The molecule has 19 heavy (non-hydrogen) atoms. The number of hydrogen-bond donors (Lipinski definition) is 2. The van der Waals surface area contributed by atoms with Crippen molar-refractivity contribution in [1.29, 1.82) is 0 Å². The first-order valence-electron chi connectivity index (χ1n) is 6.58. The lowest BCUT2D eigenvalue weighted by molar-refractivity contribution is -0.129. The predicted octanol–water partition coefficient (Wildman–Crippen LogP) is 0.168. The molecule has 1 atom stereocenters. The molecule has 0 bridgehead atoms. The van der Waals surface area contributed by atoms with Crippen LogP contribution in [0.4, 0.5) is 0 Å². The number of morpholine rings is 1. The van der Waals surface area contributed by atoms with Gasteiger partial charge < -0.3 is 15.2 Å². The predicted molar refractivity (Wildman–Crippen MR) is 71.7 cm³/mol. The molecule has 1 aliphatic heterocycles. The van der Waals surface area contributed by atoms with Gasteiger partial charge in [-0.2, -0.15) is 0 Å². The second kappa shape index (κ2) is 7.23. The Labute approximate surface area is 113 Å². The molecule has 0 aliphatic carbocycles.